The van der Waals surface area contributed by atoms with Crippen LogP contribution in [0.15, 0.2) is 188 Å². The Morgan fingerprint density at radius 2 is 1.30 bits per heavy atom. The quantitative estimate of drug-likeness (QED) is 0.107. The van der Waals surface area contributed by atoms with Crippen molar-refractivity contribution in [3.8, 4) is 73.2 Å². The molecule has 13 rings (SSSR count). The van der Waals surface area contributed by atoms with Gasteiger partial charge in [0.05, 0.1) is 27.7 Å². The number of aryl methyl sites for hydroxylation is 3. The number of ether oxygens (including phenoxy) is 1. The van der Waals surface area contributed by atoms with Crippen molar-refractivity contribution in [1.82, 2.24) is 14.1 Å². The molecule has 5 nitrogen and oxygen atoms in total. The van der Waals surface area contributed by atoms with Gasteiger partial charge in [0.25, 0.3) is 6.33 Å². The van der Waals surface area contributed by atoms with Gasteiger partial charge in [-0.3, -0.25) is 4.57 Å². The third kappa shape index (κ3) is 9.92. The summed E-state index contributed by atoms with van der Waals surface area (Å²) in [5.41, 5.74) is -9.50. The monoisotopic (exact) mass is 1300 g/mol. The predicted molar refractivity (Wildman–Crippen MR) is 344 cm³/mol. The van der Waals surface area contributed by atoms with Crippen LogP contribution in [0.5, 0.6) is 11.5 Å². The average molecular weight is 1310 g/mol. The summed E-state index contributed by atoms with van der Waals surface area (Å²) in [5, 5.41) is 1.28. The van der Waals surface area contributed by atoms with E-state index in [1.807, 2.05) is 71.9 Å². The van der Waals surface area contributed by atoms with E-state index in [-0.39, 0.29) is 105 Å². The molecule has 1 aliphatic carbocycles. The van der Waals surface area contributed by atoms with Gasteiger partial charge in [-0.2, -0.15) is 18.2 Å². The SMILES string of the molecule is [2H]c1c([2H])c([2H])c(-c2cnc(-n3c4[c-]c(Oc5[c-]c(-n6[c-][n+](-c7c(-c8cccc(C(C)(C)C)c8)cc(C(C)(C)C)cc7-c7c([2H])c([2H])c8c(c7[2H])C(C([2H])([2H])[2H])(C([2H])([2H])[2H])CC8(C([2H])([2H])[2H])C([2H])([2H])[2H])c7ccc(-c8c(C([2H])([2H])[2H])cccc8C([2H])([2H])[2H])cc76)ccc5)ccc4c4ccccc43)cc2C([2H])([2H])[2H])c([2H])c1[2H].[Pt]. The van der Waals surface area contributed by atoms with E-state index in [9.17, 15) is 4.11 Å². The number of imidazole rings is 1. The van der Waals surface area contributed by atoms with Crippen molar-refractivity contribution in [3.63, 3.8) is 0 Å². The van der Waals surface area contributed by atoms with Crippen molar-refractivity contribution in [2.75, 3.05) is 0 Å². The van der Waals surface area contributed by atoms with Gasteiger partial charge >= 0.3 is 0 Å². The molecule has 0 amide bonds. The Bertz CT molecular complexity index is 5790. The zero-order valence-electron chi connectivity index (χ0n) is 75.5. The smallest absolute Gasteiger partial charge is 0.268 e. The van der Waals surface area contributed by atoms with Crippen molar-refractivity contribution >= 4 is 32.8 Å². The maximum Gasteiger partial charge on any atom is 0.268 e. The van der Waals surface area contributed by atoms with E-state index >= 15 is 0 Å². The summed E-state index contributed by atoms with van der Waals surface area (Å²) in [6.45, 7) is -12.4. The molecule has 3 aromatic heterocycles. The van der Waals surface area contributed by atoms with Gasteiger partial charge in [0.1, 0.15) is 5.82 Å². The van der Waals surface area contributed by atoms with E-state index in [0.29, 0.717) is 38.5 Å². The first-order valence-electron chi connectivity index (χ1n) is 41.4. The van der Waals surface area contributed by atoms with E-state index < -0.39 is 141 Å². The number of rotatable bonds is 9. The number of hydrogen-bond acceptors (Lipinski definition) is 2. The largest absolute Gasteiger partial charge is 0.510 e. The molecule has 1 aliphatic rings. The standard InChI is InChI=1S/C78H72N4O.Pt/c1-49-22-19-23-50(2)73(49)55-33-37-69-71(41-55)80(58-28-21-29-59(44-58)83-60-34-35-62-61-30-17-18-31-68(61)82(70(62)45-60)72-38-51(3)65(46-79-72)52-24-15-14-16-25-52)48-81(69)74-63(53-26-20-27-56(39-53)75(4,5)6)42-57(76(7,8)9)43-64(74)54-32-36-66-67(40-54)78(12,13)47-77(66,10)11;/h14-43,46H,47H2,1-13H3;/q-2;/i1D3,2D3,3D3,10D3,11D3,12D3,13D3,14D,15D,16D,24D,25D,32D,36D,40D;. The van der Waals surface area contributed by atoms with E-state index in [1.54, 1.807) is 71.3 Å². The second-order valence-electron chi connectivity index (χ2n) is 23.2. The molecule has 0 aliphatic heterocycles. The molecule has 84 heavy (non-hydrogen) atoms. The second-order valence-corrected chi connectivity index (χ2v) is 23.2. The molecule has 422 valence electrons. The van der Waals surface area contributed by atoms with E-state index in [4.69, 9.17) is 40.4 Å². The maximum absolute atomic E-state index is 10.5. The summed E-state index contributed by atoms with van der Waals surface area (Å²) in [6, 6.07) is 36.1. The first kappa shape index (κ1) is 31.7. The zero-order valence-corrected chi connectivity index (χ0v) is 48.8. The molecule has 0 unspecified atom stereocenters. The Morgan fingerprint density at radius 3 is 2.05 bits per heavy atom. The number of para-hydroxylation sites is 1. The second kappa shape index (κ2) is 20.9. The van der Waals surface area contributed by atoms with Crippen LogP contribution in [0.3, 0.4) is 0 Å². The minimum atomic E-state index is -3.82. The normalized spacial score (nSPS) is 19.9. The summed E-state index contributed by atoms with van der Waals surface area (Å²) >= 11 is 0. The number of hydrogen-bond donors (Lipinski definition) is 0. The van der Waals surface area contributed by atoms with Crippen LogP contribution in [-0.2, 0) is 42.7 Å². The van der Waals surface area contributed by atoms with Gasteiger partial charge in [-0.15, -0.1) is 29.7 Å². The Balaban J connectivity index is 0.0000118. The van der Waals surface area contributed by atoms with Crippen LogP contribution < -0.4 is 9.30 Å². The third-order valence-electron chi connectivity index (χ3n) is 15.4. The summed E-state index contributed by atoms with van der Waals surface area (Å²) in [6.07, 6.45) is 2.97. The number of aromatic nitrogens is 4. The fraction of sp³-hybridized carbons (Fsp3) is 0.231. The molecular weight excluding hydrogens is 1200 g/mol. The number of benzene rings is 9. The van der Waals surface area contributed by atoms with Crippen LogP contribution in [0.2, 0.25) is 0 Å². The summed E-state index contributed by atoms with van der Waals surface area (Å²) < 4.78 is 272. The minimum absolute atomic E-state index is 0. The van der Waals surface area contributed by atoms with Gasteiger partial charge in [-0.25, -0.2) is 4.98 Å². The molecule has 0 N–H and O–H groups in total. The number of pyridine rings is 1. The predicted octanol–water partition coefficient (Wildman–Crippen LogP) is 19.7. The van der Waals surface area contributed by atoms with Crippen LogP contribution in [0.25, 0.3) is 94.5 Å². The first-order valence-corrected chi connectivity index (χ1v) is 26.9. The molecule has 0 fully saturated rings. The maximum atomic E-state index is 10.5. The molecule has 9 aromatic carbocycles. The Kier molecular flexibility index (Phi) is 7.88. The van der Waals surface area contributed by atoms with Gasteiger partial charge in [-0.05, 0) is 156 Å². The topological polar surface area (TPSA) is 35.9 Å². The van der Waals surface area contributed by atoms with Crippen molar-refractivity contribution in [2.24, 2.45) is 0 Å². The average Bonchev–Trinajstić information content (AvgIpc) is 1.49. The molecule has 6 heteroatoms. The fourth-order valence-electron chi connectivity index (χ4n) is 11.2. The van der Waals surface area contributed by atoms with Crippen LogP contribution in [0.4, 0.5) is 0 Å². The number of fused-ring (bicyclic) bond motifs is 5. The molecular formula is C78H72N4OPt-2. The van der Waals surface area contributed by atoms with Gasteiger partial charge < -0.3 is 13.9 Å². The molecule has 12 aromatic rings. The molecule has 0 radical (unpaired) electrons. The van der Waals surface area contributed by atoms with Gasteiger partial charge in [0.2, 0.25) is 0 Å². The van der Waals surface area contributed by atoms with E-state index in [2.05, 4.69) is 23.4 Å². The molecule has 0 saturated heterocycles. The van der Waals surface area contributed by atoms with E-state index in [1.165, 1.54) is 45.5 Å². The van der Waals surface area contributed by atoms with Gasteiger partial charge in [0, 0.05) is 78.6 Å². The van der Waals surface area contributed by atoms with Crippen molar-refractivity contribution < 1.29 is 70.1 Å². The third-order valence-corrected chi connectivity index (χ3v) is 15.4. The summed E-state index contributed by atoms with van der Waals surface area (Å²) in [5.74, 6) is 0.128. The number of nitrogens with zero attached hydrogens (tertiary/aromatic N) is 4. The van der Waals surface area contributed by atoms with Crippen molar-refractivity contribution in [3.05, 3.63) is 245 Å². The minimum Gasteiger partial charge on any atom is -0.510 e. The molecule has 0 spiro atoms. The van der Waals surface area contributed by atoms with Crippen LogP contribution in [0.1, 0.15) is 154 Å². The molecule has 0 bridgehead atoms. The molecule has 0 atom stereocenters. The molecule has 3 heterocycles. The van der Waals surface area contributed by atoms with Gasteiger partial charge in [-0.1, -0.05) is 208 Å². The Labute approximate surface area is 551 Å². The Hall–Kier alpha value is -8.11. The Morgan fingerprint density at radius 1 is 0.583 bits per heavy atom. The van der Waals surface area contributed by atoms with Crippen molar-refractivity contribution in [1.29, 1.82) is 0 Å². The van der Waals surface area contributed by atoms with Gasteiger partial charge in [0.15, 0.2) is 0 Å². The fourth-order valence-corrected chi connectivity index (χ4v) is 11.2. The first-order chi connectivity index (χ1) is 51.6. The van der Waals surface area contributed by atoms with E-state index in [0.717, 1.165) is 11.8 Å². The zero-order chi connectivity index (χ0) is 82.4. The van der Waals surface area contributed by atoms with Crippen LogP contribution in [-0.4, -0.2) is 14.1 Å². The molecule has 0 saturated carbocycles. The van der Waals surface area contributed by atoms with Crippen LogP contribution >= 0.6 is 0 Å². The summed E-state index contributed by atoms with van der Waals surface area (Å²) in [4.78, 5) is 4.69. The van der Waals surface area contributed by atoms with Crippen LogP contribution in [0, 0.1) is 39.0 Å². The van der Waals surface area contributed by atoms with Crippen molar-refractivity contribution in [2.45, 2.75) is 118 Å². The summed E-state index contributed by atoms with van der Waals surface area (Å²) in [7, 11) is 0.